The molecule has 10 atom stereocenters. The van der Waals surface area contributed by atoms with E-state index >= 15 is 0 Å². The molecule has 1 nitrogen and oxygen atoms in total. The Morgan fingerprint density at radius 2 is 1.77 bits per heavy atom. The van der Waals surface area contributed by atoms with Crippen molar-refractivity contribution in [1.29, 1.82) is 0 Å². The van der Waals surface area contributed by atoms with Gasteiger partial charge in [0.05, 0.1) is 6.10 Å². The molecule has 0 aromatic rings. The van der Waals surface area contributed by atoms with Crippen molar-refractivity contribution in [3.8, 4) is 0 Å². The minimum Gasteiger partial charge on any atom is -0.393 e. The zero-order chi connectivity index (χ0) is 18.7. The van der Waals surface area contributed by atoms with Crippen LogP contribution in [-0.4, -0.2) is 11.2 Å². The molecule has 1 heteroatoms. The number of rotatable bonds is 3. The van der Waals surface area contributed by atoms with E-state index in [4.69, 9.17) is 0 Å². The van der Waals surface area contributed by atoms with Crippen molar-refractivity contribution < 1.29 is 5.11 Å². The van der Waals surface area contributed by atoms with Crippen molar-refractivity contribution in [2.75, 3.05) is 0 Å². The van der Waals surface area contributed by atoms with Gasteiger partial charge >= 0.3 is 0 Å². The second kappa shape index (κ2) is 6.78. The van der Waals surface area contributed by atoms with Crippen molar-refractivity contribution in [3.05, 3.63) is 0 Å². The molecular formula is C25H44O. The highest BCUT2D eigenvalue weighted by Gasteiger charge is 2.63. The summed E-state index contributed by atoms with van der Waals surface area (Å²) in [6.07, 6.45) is 13.7. The first-order valence-electron chi connectivity index (χ1n) is 12.0. The summed E-state index contributed by atoms with van der Waals surface area (Å²) in [5, 5.41) is 11.5. The third-order valence-corrected chi connectivity index (χ3v) is 10.5. The highest BCUT2D eigenvalue weighted by molar-refractivity contribution is 5.12. The molecule has 0 heterocycles. The van der Waals surface area contributed by atoms with Crippen LogP contribution in [0.15, 0.2) is 0 Å². The fraction of sp³-hybridized carbons (Fsp3) is 1.00. The van der Waals surface area contributed by atoms with Crippen LogP contribution in [0, 0.1) is 52.3 Å². The lowest BCUT2D eigenvalue weighted by Gasteiger charge is -2.62. The second-order valence-corrected chi connectivity index (χ2v) is 11.6. The SMILES string of the molecule is CCC[C@@H](C)C1CC[C@H]2[C@@H]3CC[C@@H]4C[C@H](C)CC[C@]4(C)[C@H]3C[C@H](O)[C@]12C. The highest BCUT2D eigenvalue weighted by Crippen LogP contribution is 2.68. The van der Waals surface area contributed by atoms with Gasteiger partial charge in [0.15, 0.2) is 0 Å². The smallest absolute Gasteiger partial charge is 0.0602 e. The van der Waals surface area contributed by atoms with E-state index in [-0.39, 0.29) is 11.5 Å². The van der Waals surface area contributed by atoms with Gasteiger partial charge in [-0.15, -0.1) is 0 Å². The zero-order valence-electron chi connectivity index (χ0n) is 18.1. The second-order valence-electron chi connectivity index (χ2n) is 11.6. The molecule has 0 aromatic carbocycles. The van der Waals surface area contributed by atoms with Gasteiger partial charge in [-0.3, -0.25) is 0 Å². The van der Waals surface area contributed by atoms with E-state index in [1.54, 1.807) is 0 Å². The minimum absolute atomic E-state index is 0.0597. The summed E-state index contributed by atoms with van der Waals surface area (Å²) >= 11 is 0. The van der Waals surface area contributed by atoms with Crippen molar-refractivity contribution in [2.45, 2.75) is 105 Å². The van der Waals surface area contributed by atoms with Gasteiger partial charge < -0.3 is 5.11 Å². The molecule has 150 valence electrons. The van der Waals surface area contributed by atoms with Crippen LogP contribution in [0.2, 0.25) is 0 Å². The summed E-state index contributed by atoms with van der Waals surface area (Å²) in [5.74, 6) is 5.87. The molecule has 0 bridgehead atoms. The molecule has 26 heavy (non-hydrogen) atoms. The van der Waals surface area contributed by atoms with Crippen LogP contribution in [-0.2, 0) is 0 Å². The van der Waals surface area contributed by atoms with Crippen LogP contribution >= 0.6 is 0 Å². The third kappa shape index (κ3) is 2.66. The van der Waals surface area contributed by atoms with Gasteiger partial charge in [0.1, 0.15) is 0 Å². The maximum Gasteiger partial charge on any atom is 0.0602 e. The van der Waals surface area contributed by atoms with E-state index in [9.17, 15) is 5.11 Å². The molecule has 1 unspecified atom stereocenters. The molecule has 4 aliphatic rings. The molecule has 0 amide bonds. The lowest BCUT2D eigenvalue weighted by Crippen LogP contribution is -2.58. The molecule has 4 fully saturated rings. The number of hydrogen-bond donors (Lipinski definition) is 1. The molecule has 4 saturated carbocycles. The van der Waals surface area contributed by atoms with Crippen molar-refractivity contribution in [1.82, 2.24) is 0 Å². The van der Waals surface area contributed by atoms with E-state index in [0.717, 1.165) is 47.8 Å². The van der Waals surface area contributed by atoms with Gasteiger partial charge in [0.25, 0.3) is 0 Å². The molecule has 1 N–H and O–H groups in total. The van der Waals surface area contributed by atoms with Gasteiger partial charge in [0.2, 0.25) is 0 Å². The van der Waals surface area contributed by atoms with Crippen molar-refractivity contribution in [2.24, 2.45) is 52.3 Å². The first kappa shape index (κ1) is 19.3. The number of aliphatic hydroxyl groups is 1. The van der Waals surface area contributed by atoms with E-state index in [0.29, 0.717) is 5.41 Å². The molecule has 0 spiro atoms. The predicted octanol–water partition coefficient (Wildman–Crippen LogP) is 6.69. The Kier molecular flexibility index (Phi) is 5.03. The number of fused-ring (bicyclic) bond motifs is 5. The summed E-state index contributed by atoms with van der Waals surface area (Å²) in [5.41, 5.74) is 0.714. The molecule has 0 saturated heterocycles. The Hall–Kier alpha value is -0.0400. The lowest BCUT2D eigenvalue weighted by molar-refractivity contribution is -0.171. The van der Waals surface area contributed by atoms with Gasteiger partial charge in [-0.2, -0.15) is 0 Å². The van der Waals surface area contributed by atoms with Crippen LogP contribution in [0.4, 0.5) is 0 Å². The van der Waals surface area contributed by atoms with E-state index in [1.165, 1.54) is 57.8 Å². The average Bonchev–Trinajstić information content (AvgIpc) is 2.96. The Balaban J connectivity index is 1.61. The third-order valence-electron chi connectivity index (χ3n) is 10.5. The fourth-order valence-corrected chi connectivity index (χ4v) is 9.05. The Morgan fingerprint density at radius 3 is 2.50 bits per heavy atom. The van der Waals surface area contributed by atoms with E-state index < -0.39 is 0 Å². The molecule has 0 aliphatic heterocycles. The predicted molar refractivity (Wildman–Crippen MR) is 110 cm³/mol. The maximum absolute atomic E-state index is 11.5. The number of hydrogen-bond acceptors (Lipinski definition) is 1. The summed E-state index contributed by atoms with van der Waals surface area (Å²) in [7, 11) is 0. The maximum atomic E-state index is 11.5. The fourth-order valence-electron chi connectivity index (χ4n) is 9.05. The number of aliphatic hydroxyl groups excluding tert-OH is 1. The van der Waals surface area contributed by atoms with Crippen LogP contribution in [0.5, 0.6) is 0 Å². The van der Waals surface area contributed by atoms with Gasteiger partial charge in [-0.25, -0.2) is 0 Å². The monoisotopic (exact) mass is 360 g/mol. The molecule has 4 aliphatic carbocycles. The highest BCUT2D eigenvalue weighted by atomic mass is 16.3. The first-order valence-corrected chi connectivity index (χ1v) is 12.0. The van der Waals surface area contributed by atoms with Crippen LogP contribution in [0.1, 0.15) is 98.8 Å². The van der Waals surface area contributed by atoms with Crippen LogP contribution in [0.3, 0.4) is 0 Å². The Morgan fingerprint density at radius 1 is 1.00 bits per heavy atom. The molecule has 0 aromatic heterocycles. The van der Waals surface area contributed by atoms with Gasteiger partial charge in [-0.1, -0.05) is 53.9 Å². The Labute approximate surface area is 162 Å². The molecular weight excluding hydrogens is 316 g/mol. The molecule has 0 radical (unpaired) electrons. The van der Waals surface area contributed by atoms with Crippen molar-refractivity contribution in [3.63, 3.8) is 0 Å². The van der Waals surface area contributed by atoms with E-state index in [2.05, 4.69) is 34.6 Å². The standard InChI is InChI=1S/C25H44O/c1-6-7-17(3)20-10-11-21-19-9-8-18-14-16(2)12-13-24(18,4)22(19)15-23(26)25(20,21)5/h16-23,26H,6-15H2,1-5H3/t16-,17-,18-,19+,20?,21+,22+,23+,24+,25-/m1/s1. The summed E-state index contributed by atoms with van der Waals surface area (Å²) < 4.78 is 0. The lowest BCUT2D eigenvalue weighted by atomic mass is 9.43. The summed E-state index contributed by atoms with van der Waals surface area (Å²) in [6, 6.07) is 0. The average molecular weight is 361 g/mol. The van der Waals surface area contributed by atoms with Crippen molar-refractivity contribution >= 4 is 0 Å². The normalized spacial score (nSPS) is 54.9. The molecule has 4 rings (SSSR count). The Bertz CT molecular complexity index is 514. The van der Waals surface area contributed by atoms with Gasteiger partial charge in [0, 0.05) is 0 Å². The zero-order valence-corrected chi connectivity index (χ0v) is 18.1. The topological polar surface area (TPSA) is 20.2 Å². The minimum atomic E-state index is -0.0597. The van der Waals surface area contributed by atoms with Crippen LogP contribution in [0.25, 0.3) is 0 Å². The quantitative estimate of drug-likeness (QED) is 0.594. The largest absolute Gasteiger partial charge is 0.393 e. The summed E-state index contributed by atoms with van der Waals surface area (Å²) in [6.45, 7) is 12.4. The van der Waals surface area contributed by atoms with Gasteiger partial charge in [-0.05, 0) is 97.2 Å². The summed E-state index contributed by atoms with van der Waals surface area (Å²) in [4.78, 5) is 0. The first-order chi connectivity index (χ1) is 12.3. The van der Waals surface area contributed by atoms with Crippen LogP contribution < -0.4 is 0 Å². The van der Waals surface area contributed by atoms with E-state index in [1.807, 2.05) is 0 Å².